The van der Waals surface area contributed by atoms with Crippen molar-refractivity contribution in [1.29, 1.82) is 0 Å². The molecule has 200 valence electrons. The van der Waals surface area contributed by atoms with E-state index in [-0.39, 0.29) is 45.6 Å². The smallest absolute Gasteiger partial charge is 0.223 e. The minimum atomic E-state index is -4.68. The molecular formula is C23H26F5NO4S3. The number of fused-ring (bicyclic) bond motifs is 1. The number of sulfone groups is 1. The van der Waals surface area contributed by atoms with E-state index >= 15 is 4.39 Å². The molecule has 0 amide bonds. The molecule has 5 nitrogen and oxygen atoms in total. The Morgan fingerprint density at radius 1 is 1.08 bits per heavy atom. The monoisotopic (exact) mass is 571 g/mol. The first kappa shape index (κ1) is 28.9. The summed E-state index contributed by atoms with van der Waals surface area (Å²) in [7, 11) is -8.14. The molecule has 2 aromatic rings. The lowest BCUT2D eigenvalue weighted by molar-refractivity contribution is -0.137. The van der Waals surface area contributed by atoms with Crippen molar-refractivity contribution >= 4 is 33.4 Å². The van der Waals surface area contributed by atoms with Gasteiger partial charge in [0, 0.05) is 11.6 Å². The summed E-state index contributed by atoms with van der Waals surface area (Å²) in [4.78, 5) is -0.448. The van der Waals surface area contributed by atoms with E-state index in [2.05, 4.69) is 4.72 Å². The highest BCUT2D eigenvalue weighted by molar-refractivity contribution is 7.92. The van der Waals surface area contributed by atoms with Crippen LogP contribution in [0, 0.1) is 17.6 Å². The molecule has 2 aliphatic rings. The highest BCUT2D eigenvalue weighted by Crippen LogP contribution is 2.52. The minimum absolute atomic E-state index is 0. The minimum Gasteiger partial charge on any atom is -0.223 e. The summed E-state index contributed by atoms with van der Waals surface area (Å²) in [5.74, 6) is -2.31. The van der Waals surface area contributed by atoms with E-state index in [0.29, 0.717) is 12.1 Å². The van der Waals surface area contributed by atoms with Crippen LogP contribution in [0.3, 0.4) is 0 Å². The van der Waals surface area contributed by atoms with E-state index in [4.69, 9.17) is 0 Å². The average molecular weight is 572 g/mol. The SMILES string of the molecule is CC[C@@H]1C[C@@H]2C[C@](c3cc(F)ccc3F)(S(=O)(=O)c3ccc(C(F)(F)F)cc3)CC[C@@H]2NS1(=O)=O.S. The van der Waals surface area contributed by atoms with Crippen LogP contribution in [0.1, 0.15) is 50.2 Å². The van der Waals surface area contributed by atoms with Crippen molar-refractivity contribution in [2.45, 2.75) is 66.1 Å². The topological polar surface area (TPSA) is 80.3 Å². The van der Waals surface area contributed by atoms with Crippen LogP contribution in [-0.4, -0.2) is 28.1 Å². The van der Waals surface area contributed by atoms with E-state index in [1.54, 1.807) is 6.92 Å². The van der Waals surface area contributed by atoms with Crippen molar-refractivity contribution < 1.29 is 38.8 Å². The van der Waals surface area contributed by atoms with Gasteiger partial charge in [-0.15, -0.1) is 0 Å². The van der Waals surface area contributed by atoms with E-state index in [0.717, 1.165) is 30.3 Å². The third-order valence-electron chi connectivity index (χ3n) is 7.22. The van der Waals surface area contributed by atoms with Gasteiger partial charge in [-0.3, -0.25) is 0 Å². The van der Waals surface area contributed by atoms with Gasteiger partial charge in [-0.2, -0.15) is 26.7 Å². The second kappa shape index (κ2) is 9.88. The summed E-state index contributed by atoms with van der Waals surface area (Å²) in [5.41, 5.74) is -1.45. The molecule has 1 aliphatic carbocycles. The molecule has 4 rings (SSSR count). The first-order chi connectivity index (χ1) is 16.2. The normalized spacial score (nSPS) is 28.1. The van der Waals surface area contributed by atoms with Crippen LogP contribution >= 0.6 is 13.5 Å². The zero-order valence-corrected chi connectivity index (χ0v) is 21.8. The maximum atomic E-state index is 15.1. The van der Waals surface area contributed by atoms with Gasteiger partial charge in [0.25, 0.3) is 0 Å². The van der Waals surface area contributed by atoms with Crippen molar-refractivity contribution in [2.24, 2.45) is 5.92 Å². The zero-order chi connectivity index (χ0) is 25.8. The van der Waals surface area contributed by atoms with E-state index in [1.165, 1.54) is 0 Å². The zero-order valence-electron chi connectivity index (χ0n) is 19.1. The predicted octanol–water partition coefficient (Wildman–Crippen LogP) is 5.04. The number of hydrogen-bond acceptors (Lipinski definition) is 4. The summed E-state index contributed by atoms with van der Waals surface area (Å²) in [5, 5.41) is -0.773. The summed E-state index contributed by atoms with van der Waals surface area (Å²) in [6.45, 7) is 1.69. The number of alkyl halides is 3. The second-order valence-corrected chi connectivity index (χ2v) is 13.4. The van der Waals surface area contributed by atoms with Crippen LogP contribution in [0.5, 0.6) is 0 Å². The maximum Gasteiger partial charge on any atom is 0.416 e. The fourth-order valence-corrected chi connectivity index (χ4v) is 9.46. The van der Waals surface area contributed by atoms with Crippen LogP contribution in [0.25, 0.3) is 0 Å². The molecule has 36 heavy (non-hydrogen) atoms. The van der Waals surface area contributed by atoms with Gasteiger partial charge in [-0.25, -0.2) is 30.3 Å². The van der Waals surface area contributed by atoms with Gasteiger partial charge in [-0.1, -0.05) is 6.92 Å². The number of rotatable bonds is 4. The summed E-state index contributed by atoms with van der Waals surface area (Å²) < 4.78 is 122. The molecule has 1 saturated carbocycles. The first-order valence-electron chi connectivity index (χ1n) is 11.1. The molecule has 1 aliphatic heterocycles. The molecule has 0 bridgehead atoms. The molecule has 1 saturated heterocycles. The fraction of sp³-hybridized carbons (Fsp3) is 0.478. The Morgan fingerprint density at radius 3 is 2.31 bits per heavy atom. The Hall–Kier alpha value is -1.70. The van der Waals surface area contributed by atoms with Crippen LogP contribution < -0.4 is 4.72 Å². The Kier molecular flexibility index (Phi) is 7.92. The van der Waals surface area contributed by atoms with Crippen LogP contribution in [0.4, 0.5) is 22.0 Å². The third-order valence-corrected chi connectivity index (χ3v) is 11.8. The molecule has 2 fully saturated rings. The third kappa shape index (κ3) is 4.91. The number of nitrogens with one attached hydrogen (secondary N) is 1. The van der Waals surface area contributed by atoms with Crippen LogP contribution in [0.2, 0.25) is 0 Å². The van der Waals surface area contributed by atoms with Gasteiger partial charge in [0.15, 0.2) is 9.84 Å². The molecule has 0 aromatic heterocycles. The largest absolute Gasteiger partial charge is 0.416 e. The van der Waals surface area contributed by atoms with Gasteiger partial charge in [-0.05, 0) is 80.5 Å². The molecule has 0 spiro atoms. The number of benzene rings is 2. The van der Waals surface area contributed by atoms with E-state index in [9.17, 15) is 34.4 Å². The lowest BCUT2D eigenvalue weighted by Gasteiger charge is -2.47. The van der Waals surface area contributed by atoms with Gasteiger partial charge < -0.3 is 0 Å². The Labute approximate surface area is 213 Å². The number of halogens is 5. The van der Waals surface area contributed by atoms with Crippen LogP contribution in [0.15, 0.2) is 47.4 Å². The quantitative estimate of drug-likeness (QED) is 0.522. The summed E-state index contributed by atoms with van der Waals surface area (Å²) in [6, 6.07) is 4.82. The standard InChI is InChI=1S/C23H24F5NO4S2.H2S/c1-2-17-11-14-13-22(10-9-21(14)29-35(17,32)33,19-12-16(24)5-8-20(19)25)34(30,31)18-6-3-15(4-7-18)23(26,27)28;/h3-8,12,14,17,21,29H,2,9-11,13H2,1H3;1H2/t14-,17-,21+,22-;/m1./s1. The van der Waals surface area contributed by atoms with Crippen molar-refractivity contribution in [3.63, 3.8) is 0 Å². The fourth-order valence-electron chi connectivity index (χ4n) is 5.38. The van der Waals surface area contributed by atoms with Gasteiger partial charge in [0.2, 0.25) is 10.0 Å². The highest BCUT2D eigenvalue weighted by Gasteiger charge is 2.55. The number of sulfonamides is 1. The molecule has 1 heterocycles. The Bertz CT molecular complexity index is 1330. The maximum absolute atomic E-state index is 15.1. The van der Waals surface area contributed by atoms with E-state index in [1.807, 2.05) is 0 Å². The van der Waals surface area contributed by atoms with Crippen molar-refractivity contribution in [2.75, 3.05) is 0 Å². The molecule has 2 aromatic carbocycles. The molecular weight excluding hydrogens is 545 g/mol. The van der Waals surface area contributed by atoms with Crippen molar-refractivity contribution in [3.8, 4) is 0 Å². The van der Waals surface area contributed by atoms with Crippen molar-refractivity contribution in [3.05, 3.63) is 65.2 Å². The highest BCUT2D eigenvalue weighted by atomic mass is 32.2. The Morgan fingerprint density at radius 2 is 1.72 bits per heavy atom. The average Bonchev–Trinajstić information content (AvgIpc) is 2.79. The lowest BCUT2D eigenvalue weighted by Crippen LogP contribution is -2.57. The predicted molar refractivity (Wildman–Crippen MR) is 129 cm³/mol. The molecule has 0 radical (unpaired) electrons. The Balaban J connectivity index is 0.00000361. The van der Waals surface area contributed by atoms with Crippen molar-refractivity contribution in [1.82, 2.24) is 4.72 Å². The van der Waals surface area contributed by atoms with Gasteiger partial charge in [0.05, 0.1) is 15.7 Å². The lowest BCUT2D eigenvalue weighted by atomic mass is 9.72. The molecule has 1 N–H and O–H groups in total. The summed E-state index contributed by atoms with van der Waals surface area (Å²) in [6.07, 6.45) is -4.67. The van der Waals surface area contributed by atoms with Gasteiger partial charge in [0.1, 0.15) is 16.4 Å². The first-order valence-corrected chi connectivity index (χ1v) is 14.1. The summed E-state index contributed by atoms with van der Waals surface area (Å²) >= 11 is 0. The molecule has 13 heteroatoms. The van der Waals surface area contributed by atoms with E-state index < -0.39 is 75.7 Å². The number of hydrogen-bond donors (Lipinski definition) is 1. The molecule has 4 atom stereocenters. The second-order valence-electron chi connectivity index (χ2n) is 9.18. The molecule has 0 unspecified atom stereocenters. The van der Waals surface area contributed by atoms with Crippen LogP contribution in [-0.2, 0) is 30.8 Å². The van der Waals surface area contributed by atoms with Gasteiger partial charge >= 0.3 is 6.18 Å².